The van der Waals surface area contributed by atoms with Gasteiger partial charge in [-0.15, -0.1) is 0 Å². The summed E-state index contributed by atoms with van der Waals surface area (Å²) in [4.78, 5) is 0. The maximum absolute atomic E-state index is 13.3. The van der Waals surface area contributed by atoms with Crippen LogP contribution in [-0.2, 0) is 9.47 Å². The molecule has 0 bridgehead atoms. The van der Waals surface area contributed by atoms with E-state index in [1.807, 2.05) is 0 Å². The van der Waals surface area contributed by atoms with Crippen molar-refractivity contribution in [1.29, 1.82) is 0 Å². The molecule has 1 fully saturated rings. The van der Waals surface area contributed by atoms with Gasteiger partial charge in [-0.1, -0.05) is 20.8 Å². The maximum atomic E-state index is 13.3. The van der Waals surface area contributed by atoms with E-state index in [0.29, 0.717) is 0 Å². The molecule has 0 spiro atoms. The zero-order chi connectivity index (χ0) is 10.3. The van der Waals surface area contributed by atoms with Crippen molar-refractivity contribution in [2.75, 3.05) is 13.2 Å². The lowest BCUT2D eigenvalue weighted by atomic mass is 9.81. The summed E-state index contributed by atoms with van der Waals surface area (Å²) in [5.41, 5.74) is -0.734. The second-order valence-electron chi connectivity index (χ2n) is 4.45. The van der Waals surface area contributed by atoms with Gasteiger partial charge in [-0.25, -0.2) is 8.78 Å². The van der Waals surface area contributed by atoms with Gasteiger partial charge in [0.25, 0.3) is 5.92 Å². The lowest BCUT2D eigenvalue weighted by molar-refractivity contribution is -0.327. The van der Waals surface area contributed by atoms with Crippen molar-refractivity contribution in [3.8, 4) is 0 Å². The Morgan fingerprint density at radius 1 is 1.00 bits per heavy atom. The standard InChI is InChI=1S/C9H16F2O2/c1-7(2,3)9(8(4,10)11)12-5-6-13-9/h5-6H2,1-4H3. The molecule has 4 heteroatoms. The van der Waals surface area contributed by atoms with Crippen molar-refractivity contribution in [1.82, 2.24) is 0 Å². The minimum absolute atomic E-state index is 0.237. The van der Waals surface area contributed by atoms with Gasteiger partial charge < -0.3 is 9.47 Å². The number of ether oxygens (including phenoxy) is 2. The van der Waals surface area contributed by atoms with Crippen molar-refractivity contribution in [3.05, 3.63) is 0 Å². The van der Waals surface area contributed by atoms with Crippen LogP contribution in [0.4, 0.5) is 8.78 Å². The Kier molecular flexibility index (Phi) is 2.41. The van der Waals surface area contributed by atoms with E-state index in [1.165, 1.54) is 0 Å². The summed E-state index contributed by atoms with van der Waals surface area (Å²) in [5.74, 6) is -4.75. The largest absolute Gasteiger partial charge is 0.342 e. The van der Waals surface area contributed by atoms with E-state index in [2.05, 4.69) is 0 Å². The predicted molar refractivity (Wildman–Crippen MR) is 44.7 cm³/mol. The Labute approximate surface area is 77.2 Å². The molecule has 0 saturated carbocycles. The van der Waals surface area contributed by atoms with Crippen LogP contribution in [0.25, 0.3) is 0 Å². The van der Waals surface area contributed by atoms with Crippen LogP contribution in [0.15, 0.2) is 0 Å². The molecule has 1 saturated heterocycles. The van der Waals surface area contributed by atoms with Crippen LogP contribution < -0.4 is 0 Å². The lowest BCUT2D eigenvalue weighted by Crippen LogP contribution is -2.56. The molecular weight excluding hydrogens is 178 g/mol. The third-order valence-electron chi connectivity index (χ3n) is 2.26. The number of rotatable bonds is 1. The summed E-state index contributed by atoms with van der Waals surface area (Å²) < 4.78 is 36.9. The van der Waals surface area contributed by atoms with Crippen LogP contribution in [0.1, 0.15) is 27.7 Å². The monoisotopic (exact) mass is 194 g/mol. The minimum atomic E-state index is -2.98. The maximum Gasteiger partial charge on any atom is 0.298 e. The molecule has 0 aromatic rings. The van der Waals surface area contributed by atoms with E-state index >= 15 is 0 Å². The fourth-order valence-corrected chi connectivity index (χ4v) is 1.76. The molecule has 0 aromatic carbocycles. The first kappa shape index (κ1) is 10.9. The normalized spacial score (nSPS) is 23.5. The SMILES string of the molecule is CC(C)(C)C1(C(C)(F)F)OCCO1. The van der Waals surface area contributed by atoms with E-state index in [4.69, 9.17) is 9.47 Å². The van der Waals surface area contributed by atoms with Crippen molar-refractivity contribution in [3.63, 3.8) is 0 Å². The molecule has 0 amide bonds. The quantitative estimate of drug-likeness (QED) is 0.638. The predicted octanol–water partition coefficient (Wildman–Crippen LogP) is 2.43. The molecule has 1 aliphatic rings. The van der Waals surface area contributed by atoms with Gasteiger partial charge in [0.2, 0.25) is 5.79 Å². The number of hydrogen-bond donors (Lipinski definition) is 0. The molecule has 0 radical (unpaired) electrons. The molecule has 78 valence electrons. The van der Waals surface area contributed by atoms with Gasteiger partial charge in [-0.2, -0.15) is 0 Å². The minimum Gasteiger partial charge on any atom is -0.342 e. The summed E-state index contributed by atoms with van der Waals surface area (Å²) >= 11 is 0. The second kappa shape index (κ2) is 2.89. The fourth-order valence-electron chi connectivity index (χ4n) is 1.76. The van der Waals surface area contributed by atoms with Crippen molar-refractivity contribution in [2.45, 2.75) is 39.4 Å². The van der Waals surface area contributed by atoms with Crippen molar-refractivity contribution < 1.29 is 18.3 Å². The first-order valence-corrected chi connectivity index (χ1v) is 4.36. The molecule has 0 aromatic heterocycles. The molecule has 0 atom stereocenters. The number of halogens is 2. The summed E-state index contributed by atoms with van der Waals surface area (Å²) in [6.07, 6.45) is 0. The molecule has 0 aliphatic carbocycles. The van der Waals surface area contributed by atoms with Crippen LogP contribution in [0.5, 0.6) is 0 Å². The first-order chi connectivity index (χ1) is 5.71. The third-order valence-corrected chi connectivity index (χ3v) is 2.26. The number of alkyl halides is 2. The number of hydrogen-bond acceptors (Lipinski definition) is 2. The lowest BCUT2D eigenvalue weighted by Gasteiger charge is -2.42. The average Bonchev–Trinajstić information content (AvgIpc) is 2.28. The smallest absolute Gasteiger partial charge is 0.298 e. The van der Waals surface area contributed by atoms with E-state index in [0.717, 1.165) is 6.92 Å². The van der Waals surface area contributed by atoms with Crippen molar-refractivity contribution >= 4 is 0 Å². The average molecular weight is 194 g/mol. The Morgan fingerprint density at radius 3 is 1.54 bits per heavy atom. The van der Waals surface area contributed by atoms with Gasteiger partial charge in [0.05, 0.1) is 13.2 Å². The summed E-state index contributed by atoms with van der Waals surface area (Å²) in [5, 5.41) is 0. The molecule has 13 heavy (non-hydrogen) atoms. The van der Waals surface area contributed by atoms with E-state index in [1.54, 1.807) is 20.8 Å². The van der Waals surface area contributed by atoms with E-state index < -0.39 is 17.1 Å². The Morgan fingerprint density at radius 2 is 1.38 bits per heavy atom. The highest BCUT2D eigenvalue weighted by atomic mass is 19.3. The van der Waals surface area contributed by atoms with E-state index in [9.17, 15) is 8.78 Å². The molecule has 0 unspecified atom stereocenters. The third kappa shape index (κ3) is 1.57. The van der Waals surface area contributed by atoms with Crippen molar-refractivity contribution in [2.24, 2.45) is 5.41 Å². The van der Waals surface area contributed by atoms with Gasteiger partial charge in [0.1, 0.15) is 0 Å². The Bertz CT molecular complexity index is 169. The van der Waals surface area contributed by atoms with Crippen LogP contribution in [-0.4, -0.2) is 24.9 Å². The van der Waals surface area contributed by atoms with Crippen LogP contribution in [0.2, 0.25) is 0 Å². The molecule has 1 aliphatic heterocycles. The van der Waals surface area contributed by atoms with Gasteiger partial charge in [-0.3, -0.25) is 0 Å². The Hall–Kier alpha value is -0.220. The highest BCUT2D eigenvalue weighted by Gasteiger charge is 2.62. The van der Waals surface area contributed by atoms with Gasteiger partial charge in [0, 0.05) is 12.3 Å². The van der Waals surface area contributed by atoms with Gasteiger partial charge in [-0.05, 0) is 0 Å². The van der Waals surface area contributed by atoms with Crippen LogP contribution in [0.3, 0.4) is 0 Å². The molecule has 1 heterocycles. The molecular formula is C9H16F2O2. The van der Waals surface area contributed by atoms with Crippen LogP contribution in [0, 0.1) is 5.41 Å². The van der Waals surface area contributed by atoms with E-state index in [-0.39, 0.29) is 13.2 Å². The van der Waals surface area contributed by atoms with Gasteiger partial charge in [0.15, 0.2) is 0 Å². The Balaban J connectivity index is 3.02. The highest BCUT2D eigenvalue weighted by Crippen LogP contribution is 2.47. The zero-order valence-electron chi connectivity index (χ0n) is 8.49. The summed E-state index contributed by atoms with van der Waals surface area (Å²) in [7, 11) is 0. The van der Waals surface area contributed by atoms with Gasteiger partial charge >= 0.3 is 0 Å². The molecule has 2 nitrogen and oxygen atoms in total. The highest BCUT2D eigenvalue weighted by molar-refractivity contribution is 4.95. The first-order valence-electron chi connectivity index (χ1n) is 4.36. The molecule has 0 N–H and O–H groups in total. The topological polar surface area (TPSA) is 18.5 Å². The summed E-state index contributed by atoms with van der Waals surface area (Å²) in [6.45, 7) is 6.38. The summed E-state index contributed by atoms with van der Waals surface area (Å²) in [6, 6.07) is 0. The van der Waals surface area contributed by atoms with Crippen LogP contribution >= 0.6 is 0 Å². The fraction of sp³-hybridized carbons (Fsp3) is 1.00. The second-order valence-corrected chi connectivity index (χ2v) is 4.45. The zero-order valence-corrected chi connectivity index (χ0v) is 8.49. The molecule has 1 rings (SSSR count).